The molecule has 0 atom stereocenters. The molecular formula is C12H12ClN3O2. The average molecular weight is 266 g/mol. The van der Waals surface area contributed by atoms with E-state index < -0.39 is 4.92 Å². The molecule has 0 aliphatic heterocycles. The Morgan fingerprint density at radius 2 is 2.22 bits per heavy atom. The number of aryl methyl sites for hydroxylation is 1. The van der Waals surface area contributed by atoms with Crippen LogP contribution in [0.25, 0.3) is 0 Å². The lowest BCUT2D eigenvalue weighted by Crippen LogP contribution is -2.04. The van der Waals surface area contributed by atoms with Gasteiger partial charge in [-0.25, -0.2) is 0 Å². The first-order valence-electron chi connectivity index (χ1n) is 5.36. The molecule has 0 saturated carbocycles. The SMILES string of the molecule is Cn1cccc1CNc1ccc([N+](=O)[O-])cc1Cl. The van der Waals surface area contributed by atoms with Crippen LogP contribution in [-0.2, 0) is 13.6 Å². The summed E-state index contributed by atoms with van der Waals surface area (Å²) >= 11 is 5.98. The highest BCUT2D eigenvalue weighted by Crippen LogP contribution is 2.26. The fraction of sp³-hybridized carbons (Fsp3) is 0.167. The van der Waals surface area contributed by atoms with Crippen molar-refractivity contribution in [1.82, 2.24) is 4.57 Å². The molecule has 1 aromatic heterocycles. The maximum atomic E-state index is 10.6. The molecule has 2 aromatic rings. The Bertz CT molecular complexity index is 580. The zero-order valence-electron chi connectivity index (χ0n) is 9.76. The minimum absolute atomic E-state index is 0.00980. The maximum Gasteiger partial charge on any atom is 0.271 e. The summed E-state index contributed by atoms with van der Waals surface area (Å²) in [4.78, 5) is 10.1. The number of nitro benzene ring substituents is 1. The van der Waals surface area contributed by atoms with Gasteiger partial charge in [-0.2, -0.15) is 0 Å². The highest BCUT2D eigenvalue weighted by Gasteiger charge is 2.09. The van der Waals surface area contributed by atoms with E-state index in [0.29, 0.717) is 17.3 Å². The van der Waals surface area contributed by atoms with Crippen LogP contribution in [0.15, 0.2) is 36.5 Å². The summed E-state index contributed by atoms with van der Waals surface area (Å²) in [6.07, 6.45) is 1.95. The Morgan fingerprint density at radius 3 is 2.78 bits per heavy atom. The maximum absolute atomic E-state index is 10.6. The van der Waals surface area contributed by atoms with Gasteiger partial charge in [0.2, 0.25) is 0 Å². The number of nitrogens with zero attached hydrogens (tertiary/aromatic N) is 2. The van der Waals surface area contributed by atoms with Crippen molar-refractivity contribution in [3.63, 3.8) is 0 Å². The van der Waals surface area contributed by atoms with Crippen molar-refractivity contribution in [3.05, 3.63) is 57.4 Å². The van der Waals surface area contributed by atoms with Crippen LogP contribution in [0.4, 0.5) is 11.4 Å². The molecule has 0 fully saturated rings. The summed E-state index contributed by atoms with van der Waals surface area (Å²) in [7, 11) is 1.95. The molecule has 0 bridgehead atoms. The van der Waals surface area contributed by atoms with E-state index in [4.69, 9.17) is 11.6 Å². The van der Waals surface area contributed by atoms with Crippen LogP contribution >= 0.6 is 11.6 Å². The Hall–Kier alpha value is -2.01. The Kier molecular flexibility index (Phi) is 3.53. The number of benzene rings is 1. The number of hydrogen-bond acceptors (Lipinski definition) is 3. The van der Waals surface area contributed by atoms with Gasteiger partial charge in [0.05, 0.1) is 22.2 Å². The summed E-state index contributed by atoms with van der Waals surface area (Å²) in [5.74, 6) is 0. The predicted octanol–water partition coefficient (Wildman–Crippen LogP) is 3.20. The van der Waals surface area contributed by atoms with E-state index in [2.05, 4.69) is 5.32 Å². The Balaban J connectivity index is 2.11. The second kappa shape index (κ2) is 5.10. The molecule has 0 radical (unpaired) electrons. The zero-order valence-corrected chi connectivity index (χ0v) is 10.5. The number of anilines is 1. The fourth-order valence-corrected chi connectivity index (χ4v) is 1.87. The summed E-state index contributed by atoms with van der Waals surface area (Å²) in [5.41, 5.74) is 1.78. The van der Waals surface area contributed by atoms with E-state index in [1.807, 2.05) is 29.9 Å². The predicted molar refractivity (Wildman–Crippen MR) is 70.8 cm³/mol. The molecule has 1 heterocycles. The number of non-ortho nitro benzene ring substituents is 1. The van der Waals surface area contributed by atoms with Crippen LogP contribution in [0.5, 0.6) is 0 Å². The first-order chi connectivity index (χ1) is 8.58. The van der Waals surface area contributed by atoms with E-state index in [0.717, 1.165) is 5.69 Å². The number of nitro groups is 1. The lowest BCUT2D eigenvalue weighted by Gasteiger charge is -2.09. The third kappa shape index (κ3) is 2.62. The molecule has 6 heteroatoms. The highest BCUT2D eigenvalue weighted by molar-refractivity contribution is 6.33. The van der Waals surface area contributed by atoms with Gasteiger partial charge in [-0.3, -0.25) is 10.1 Å². The highest BCUT2D eigenvalue weighted by atomic mass is 35.5. The molecule has 1 N–H and O–H groups in total. The zero-order chi connectivity index (χ0) is 13.1. The van der Waals surface area contributed by atoms with Crippen molar-refractivity contribution in [2.45, 2.75) is 6.54 Å². The Labute approximate surface area is 109 Å². The fourth-order valence-electron chi connectivity index (χ4n) is 1.63. The molecule has 0 spiro atoms. The molecule has 18 heavy (non-hydrogen) atoms. The third-order valence-corrected chi connectivity index (χ3v) is 2.99. The number of rotatable bonds is 4. The smallest absolute Gasteiger partial charge is 0.271 e. The molecule has 2 rings (SSSR count). The van der Waals surface area contributed by atoms with E-state index in [1.165, 1.54) is 12.1 Å². The number of nitrogens with one attached hydrogen (secondary N) is 1. The lowest BCUT2D eigenvalue weighted by molar-refractivity contribution is -0.384. The van der Waals surface area contributed by atoms with Crippen molar-refractivity contribution in [2.75, 3.05) is 5.32 Å². The monoisotopic (exact) mass is 265 g/mol. The Morgan fingerprint density at radius 1 is 1.44 bits per heavy atom. The van der Waals surface area contributed by atoms with E-state index in [-0.39, 0.29) is 5.69 Å². The van der Waals surface area contributed by atoms with Crippen molar-refractivity contribution in [1.29, 1.82) is 0 Å². The van der Waals surface area contributed by atoms with Crippen molar-refractivity contribution < 1.29 is 4.92 Å². The van der Waals surface area contributed by atoms with Crippen molar-refractivity contribution in [3.8, 4) is 0 Å². The lowest BCUT2D eigenvalue weighted by atomic mass is 10.2. The van der Waals surface area contributed by atoms with Gasteiger partial charge in [0.1, 0.15) is 0 Å². The molecule has 0 saturated heterocycles. The van der Waals surface area contributed by atoms with Gasteiger partial charge in [-0.1, -0.05) is 11.6 Å². The normalized spacial score (nSPS) is 10.3. The molecule has 5 nitrogen and oxygen atoms in total. The largest absolute Gasteiger partial charge is 0.378 e. The van der Waals surface area contributed by atoms with Gasteiger partial charge < -0.3 is 9.88 Å². The summed E-state index contributed by atoms with van der Waals surface area (Å²) in [5, 5.41) is 14.1. The number of hydrogen-bond donors (Lipinski definition) is 1. The van der Waals surface area contributed by atoms with Crippen LogP contribution in [0.1, 0.15) is 5.69 Å². The summed E-state index contributed by atoms with van der Waals surface area (Å²) in [6.45, 7) is 0.612. The topological polar surface area (TPSA) is 60.1 Å². The molecule has 0 unspecified atom stereocenters. The minimum Gasteiger partial charge on any atom is -0.378 e. The average Bonchev–Trinajstić information content (AvgIpc) is 2.73. The molecule has 1 aromatic carbocycles. The molecule has 0 amide bonds. The molecular weight excluding hydrogens is 254 g/mol. The van der Waals surface area contributed by atoms with Crippen LogP contribution < -0.4 is 5.32 Å². The van der Waals surface area contributed by atoms with Crippen molar-refractivity contribution >= 4 is 23.0 Å². The van der Waals surface area contributed by atoms with Gasteiger partial charge in [0.25, 0.3) is 5.69 Å². The molecule has 0 aliphatic carbocycles. The van der Waals surface area contributed by atoms with E-state index in [9.17, 15) is 10.1 Å². The van der Waals surface area contributed by atoms with Crippen LogP contribution in [0, 0.1) is 10.1 Å². The second-order valence-electron chi connectivity index (χ2n) is 3.89. The standard InChI is InChI=1S/C12H12ClN3O2/c1-15-6-2-3-10(15)8-14-12-5-4-9(16(17)18)7-11(12)13/h2-7,14H,8H2,1H3. The quantitative estimate of drug-likeness (QED) is 0.682. The first-order valence-corrected chi connectivity index (χ1v) is 5.74. The van der Waals surface area contributed by atoms with E-state index in [1.54, 1.807) is 6.07 Å². The van der Waals surface area contributed by atoms with Crippen molar-refractivity contribution in [2.24, 2.45) is 7.05 Å². The van der Waals surface area contributed by atoms with Gasteiger partial charge in [-0.15, -0.1) is 0 Å². The van der Waals surface area contributed by atoms with Gasteiger partial charge in [0, 0.05) is 31.1 Å². The van der Waals surface area contributed by atoms with Gasteiger partial charge >= 0.3 is 0 Å². The molecule has 0 aliphatic rings. The third-order valence-electron chi connectivity index (χ3n) is 2.67. The van der Waals surface area contributed by atoms with E-state index >= 15 is 0 Å². The number of halogens is 1. The van der Waals surface area contributed by atoms with Gasteiger partial charge in [-0.05, 0) is 18.2 Å². The second-order valence-corrected chi connectivity index (χ2v) is 4.29. The minimum atomic E-state index is -0.465. The number of aromatic nitrogens is 1. The first kappa shape index (κ1) is 12.4. The van der Waals surface area contributed by atoms with Gasteiger partial charge in [0.15, 0.2) is 0 Å². The molecule has 94 valence electrons. The summed E-state index contributed by atoms with van der Waals surface area (Å²) in [6, 6.07) is 8.33. The van der Waals surface area contributed by atoms with Crippen LogP contribution in [0.2, 0.25) is 5.02 Å². The van der Waals surface area contributed by atoms with Crippen LogP contribution in [-0.4, -0.2) is 9.49 Å². The summed E-state index contributed by atoms with van der Waals surface area (Å²) < 4.78 is 1.99. The van der Waals surface area contributed by atoms with Crippen LogP contribution in [0.3, 0.4) is 0 Å².